The van der Waals surface area contributed by atoms with Crippen molar-refractivity contribution in [2.24, 2.45) is 0 Å². The molecule has 160 valence electrons. The zero-order valence-corrected chi connectivity index (χ0v) is 17.3. The molecule has 1 aliphatic rings. The average Bonchev–Trinajstić information content (AvgIpc) is 3.07. The monoisotopic (exact) mass is 428 g/mol. The van der Waals surface area contributed by atoms with Crippen LogP contribution in [0.25, 0.3) is 0 Å². The first-order chi connectivity index (χ1) is 15.5. The Labute approximate surface area is 184 Å². The molecule has 0 aliphatic carbocycles. The molecule has 0 bridgehead atoms. The topological polar surface area (TPSA) is 92.8 Å². The predicted octanol–water partition coefficient (Wildman–Crippen LogP) is 4.31. The van der Waals surface area contributed by atoms with Gasteiger partial charge in [0.2, 0.25) is 0 Å². The molecule has 3 amide bonds. The molecule has 0 aromatic heterocycles. The molecule has 0 saturated carbocycles. The normalized spacial score (nSPS) is 12.5. The maximum Gasteiger partial charge on any atom is 0.338 e. The van der Waals surface area contributed by atoms with E-state index in [2.05, 4.69) is 5.32 Å². The van der Waals surface area contributed by atoms with Gasteiger partial charge in [-0.25, -0.2) is 9.69 Å². The van der Waals surface area contributed by atoms with Gasteiger partial charge in [0.1, 0.15) is 0 Å². The molecular formula is C25H20N2O5. The van der Waals surface area contributed by atoms with Gasteiger partial charge in [-0.05, 0) is 55.0 Å². The first-order valence-electron chi connectivity index (χ1n) is 10.2. The van der Waals surface area contributed by atoms with Crippen molar-refractivity contribution >= 4 is 35.1 Å². The maximum absolute atomic E-state index is 13.0. The summed E-state index contributed by atoms with van der Waals surface area (Å²) in [5.41, 5.74) is 1.81. The lowest BCUT2D eigenvalue weighted by molar-refractivity contribution is 0.0504. The van der Waals surface area contributed by atoms with E-state index in [1.165, 1.54) is 18.2 Å². The van der Waals surface area contributed by atoms with Crippen molar-refractivity contribution < 1.29 is 23.9 Å². The lowest BCUT2D eigenvalue weighted by atomic mass is 10.1. The second kappa shape index (κ2) is 8.85. The van der Waals surface area contributed by atoms with E-state index < -0.39 is 17.8 Å². The highest BCUT2D eigenvalue weighted by molar-refractivity contribution is 6.34. The Morgan fingerprint density at radius 1 is 0.844 bits per heavy atom. The highest BCUT2D eigenvalue weighted by Crippen LogP contribution is 2.31. The molecule has 1 aliphatic heterocycles. The van der Waals surface area contributed by atoms with Crippen molar-refractivity contribution in [3.63, 3.8) is 0 Å². The maximum atomic E-state index is 13.0. The van der Waals surface area contributed by atoms with Gasteiger partial charge in [0.05, 0.1) is 29.0 Å². The Balaban J connectivity index is 1.58. The number of esters is 1. The van der Waals surface area contributed by atoms with Crippen LogP contribution in [0.15, 0.2) is 72.8 Å². The van der Waals surface area contributed by atoms with Crippen LogP contribution in [-0.2, 0) is 4.74 Å². The van der Waals surface area contributed by atoms with Crippen LogP contribution in [0.4, 0.5) is 11.4 Å². The minimum Gasteiger partial charge on any atom is -0.462 e. The van der Waals surface area contributed by atoms with Crippen LogP contribution in [0.5, 0.6) is 0 Å². The number of nitrogens with one attached hydrogen (secondary N) is 1. The summed E-state index contributed by atoms with van der Waals surface area (Å²) < 4.78 is 5.13. The van der Waals surface area contributed by atoms with Crippen molar-refractivity contribution in [2.75, 3.05) is 16.8 Å². The van der Waals surface area contributed by atoms with E-state index in [-0.39, 0.29) is 34.9 Å². The second-order valence-corrected chi connectivity index (χ2v) is 7.21. The molecule has 0 atom stereocenters. The lowest BCUT2D eigenvalue weighted by Gasteiger charge is -2.14. The summed E-state index contributed by atoms with van der Waals surface area (Å²) in [6.07, 6.45) is 0.687. The van der Waals surface area contributed by atoms with Gasteiger partial charge in [0.25, 0.3) is 17.7 Å². The number of ether oxygens (including phenoxy) is 1. The van der Waals surface area contributed by atoms with Crippen molar-refractivity contribution in [1.29, 1.82) is 0 Å². The fraction of sp³-hybridized carbons (Fsp3) is 0.120. The summed E-state index contributed by atoms with van der Waals surface area (Å²) in [4.78, 5) is 51.6. The summed E-state index contributed by atoms with van der Waals surface area (Å²) in [6.45, 7) is 2.17. The summed E-state index contributed by atoms with van der Waals surface area (Å²) >= 11 is 0. The van der Waals surface area contributed by atoms with Crippen LogP contribution in [0.1, 0.15) is 54.8 Å². The number of hydrogen-bond donors (Lipinski definition) is 1. The summed E-state index contributed by atoms with van der Waals surface area (Å²) in [5, 5.41) is 2.74. The minimum absolute atomic E-state index is 0.180. The van der Waals surface area contributed by atoms with Crippen molar-refractivity contribution in [3.8, 4) is 0 Å². The first kappa shape index (κ1) is 21.0. The number of fused-ring (bicyclic) bond motifs is 1. The molecule has 4 rings (SSSR count). The van der Waals surface area contributed by atoms with Crippen LogP contribution < -0.4 is 10.2 Å². The Bertz CT molecular complexity index is 1220. The van der Waals surface area contributed by atoms with Crippen LogP contribution in [-0.4, -0.2) is 30.3 Å². The summed E-state index contributed by atoms with van der Waals surface area (Å²) in [6, 6.07) is 19.4. The molecule has 3 aromatic rings. The average molecular weight is 428 g/mol. The number of nitrogens with zero attached hydrogens (tertiary/aromatic N) is 1. The molecule has 0 unspecified atom stereocenters. The largest absolute Gasteiger partial charge is 0.462 e. The Morgan fingerprint density at radius 3 is 2.31 bits per heavy atom. The van der Waals surface area contributed by atoms with E-state index >= 15 is 0 Å². The number of carbonyl (C=O) groups is 4. The SMILES string of the molecule is CCCOC(=O)c1cccc(N2C(=O)c3ccc(NC(=O)c4ccccc4)cc3C2=O)c1. The zero-order chi connectivity index (χ0) is 22.7. The third-order valence-electron chi connectivity index (χ3n) is 4.96. The third kappa shape index (κ3) is 4.00. The van der Waals surface area contributed by atoms with Gasteiger partial charge >= 0.3 is 5.97 Å². The molecule has 0 radical (unpaired) electrons. The lowest BCUT2D eigenvalue weighted by Crippen LogP contribution is -2.29. The molecule has 7 nitrogen and oxygen atoms in total. The van der Waals surface area contributed by atoms with E-state index in [0.717, 1.165) is 4.90 Å². The van der Waals surface area contributed by atoms with Gasteiger partial charge < -0.3 is 10.1 Å². The van der Waals surface area contributed by atoms with Crippen LogP contribution >= 0.6 is 0 Å². The number of imide groups is 1. The van der Waals surface area contributed by atoms with E-state index in [4.69, 9.17) is 4.74 Å². The standard InChI is InChI=1S/C25H20N2O5/c1-2-13-32-25(31)17-9-6-10-19(14-17)27-23(29)20-12-11-18(15-21(20)24(27)30)26-22(28)16-7-4-3-5-8-16/h3-12,14-15H,2,13H2,1H3,(H,26,28). The molecule has 32 heavy (non-hydrogen) atoms. The van der Waals surface area contributed by atoms with Gasteiger partial charge in [-0.1, -0.05) is 31.2 Å². The quantitative estimate of drug-likeness (QED) is 0.467. The van der Waals surface area contributed by atoms with Gasteiger partial charge in [-0.2, -0.15) is 0 Å². The van der Waals surface area contributed by atoms with Gasteiger partial charge in [-0.15, -0.1) is 0 Å². The number of amides is 3. The van der Waals surface area contributed by atoms with Crippen LogP contribution in [0.3, 0.4) is 0 Å². The number of hydrogen-bond acceptors (Lipinski definition) is 5. The third-order valence-corrected chi connectivity index (χ3v) is 4.96. The molecule has 0 fully saturated rings. The van der Waals surface area contributed by atoms with Crippen LogP contribution in [0, 0.1) is 0 Å². The van der Waals surface area contributed by atoms with Crippen molar-refractivity contribution in [3.05, 3.63) is 95.1 Å². The molecule has 3 aromatic carbocycles. The molecule has 1 heterocycles. The van der Waals surface area contributed by atoms with E-state index in [0.29, 0.717) is 17.7 Å². The number of rotatable bonds is 6. The highest BCUT2D eigenvalue weighted by atomic mass is 16.5. The van der Waals surface area contributed by atoms with E-state index in [1.807, 2.05) is 13.0 Å². The summed E-state index contributed by atoms with van der Waals surface area (Å²) in [7, 11) is 0. The Morgan fingerprint density at radius 2 is 1.56 bits per heavy atom. The molecule has 0 spiro atoms. The molecular weight excluding hydrogens is 408 g/mol. The van der Waals surface area contributed by atoms with E-state index in [9.17, 15) is 19.2 Å². The zero-order valence-electron chi connectivity index (χ0n) is 17.3. The van der Waals surface area contributed by atoms with Crippen LogP contribution in [0.2, 0.25) is 0 Å². The molecule has 0 saturated heterocycles. The molecule has 7 heteroatoms. The van der Waals surface area contributed by atoms with Gasteiger partial charge in [-0.3, -0.25) is 14.4 Å². The smallest absolute Gasteiger partial charge is 0.338 e. The van der Waals surface area contributed by atoms with Crippen molar-refractivity contribution in [1.82, 2.24) is 0 Å². The predicted molar refractivity (Wildman–Crippen MR) is 119 cm³/mol. The summed E-state index contributed by atoms with van der Waals surface area (Å²) in [5.74, 6) is -1.86. The first-order valence-corrected chi connectivity index (χ1v) is 10.2. The Kier molecular flexibility index (Phi) is 5.81. The van der Waals surface area contributed by atoms with Gasteiger partial charge in [0.15, 0.2) is 0 Å². The fourth-order valence-electron chi connectivity index (χ4n) is 3.40. The number of anilines is 2. The number of carbonyl (C=O) groups excluding carboxylic acids is 4. The minimum atomic E-state index is -0.528. The van der Waals surface area contributed by atoms with Gasteiger partial charge in [0, 0.05) is 11.3 Å². The Hall–Kier alpha value is -4.26. The fourth-order valence-corrected chi connectivity index (χ4v) is 3.40. The highest BCUT2D eigenvalue weighted by Gasteiger charge is 2.37. The van der Waals surface area contributed by atoms with Crippen molar-refractivity contribution in [2.45, 2.75) is 13.3 Å². The number of benzene rings is 3. The molecule has 1 N–H and O–H groups in total. The second-order valence-electron chi connectivity index (χ2n) is 7.21. The van der Waals surface area contributed by atoms with E-state index in [1.54, 1.807) is 48.5 Å².